The van der Waals surface area contributed by atoms with Crippen molar-refractivity contribution in [1.29, 1.82) is 0 Å². The molecular weight excluding hydrogens is 277 g/mol. The molecule has 1 fully saturated rings. The summed E-state index contributed by atoms with van der Waals surface area (Å²) in [5.41, 5.74) is 0.822. The molecule has 0 amide bonds. The van der Waals surface area contributed by atoms with Gasteiger partial charge in [0.25, 0.3) is 0 Å². The topological polar surface area (TPSA) is 12.0 Å². The van der Waals surface area contributed by atoms with E-state index in [9.17, 15) is 0 Å². The highest BCUT2D eigenvalue weighted by Crippen LogP contribution is 2.37. The molecule has 1 aliphatic rings. The standard InChI is InChI=1S/C13H16Cl3N/c1-2-8-4-3-5-12(8)17-13-10(15)6-9(14)7-11(13)16/h6-8,12,17H,2-5H2,1H3. The maximum absolute atomic E-state index is 6.17. The van der Waals surface area contributed by atoms with Crippen molar-refractivity contribution >= 4 is 40.5 Å². The average molecular weight is 293 g/mol. The molecule has 2 unspecified atom stereocenters. The first kappa shape index (κ1) is 13.3. The van der Waals surface area contributed by atoms with Gasteiger partial charge in [-0.3, -0.25) is 0 Å². The first-order valence-electron chi connectivity index (χ1n) is 6.03. The lowest BCUT2D eigenvalue weighted by molar-refractivity contribution is 0.489. The van der Waals surface area contributed by atoms with Gasteiger partial charge in [-0.05, 0) is 30.9 Å². The fraction of sp³-hybridized carbons (Fsp3) is 0.538. The van der Waals surface area contributed by atoms with Crippen molar-refractivity contribution < 1.29 is 0 Å². The second kappa shape index (κ2) is 5.69. The normalized spacial score (nSPS) is 24.0. The van der Waals surface area contributed by atoms with Crippen LogP contribution in [0, 0.1) is 5.92 Å². The molecule has 1 saturated carbocycles. The summed E-state index contributed by atoms with van der Waals surface area (Å²) in [7, 11) is 0. The largest absolute Gasteiger partial charge is 0.380 e. The third-order valence-corrected chi connectivity index (χ3v) is 4.33. The number of benzene rings is 1. The quantitative estimate of drug-likeness (QED) is 0.760. The number of hydrogen-bond donors (Lipinski definition) is 1. The molecule has 0 spiro atoms. The SMILES string of the molecule is CCC1CCCC1Nc1c(Cl)cc(Cl)cc1Cl. The lowest BCUT2D eigenvalue weighted by atomic mass is 10.0. The highest BCUT2D eigenvalue weighted by Gasteiger charge is 2.26. The van der Waals surface area contributed by atoms with E-state index in [1.807, 2.05) is 0 Å². The lowest BCUT2D eigenvalue weighted by Gasteiger charge is -2.22. The monoisotopic (exact) mass is 291 g/mol. The van der Waals surface area contributed by atoms with E-state index in [0.717, 1.165) is 11.6 Å². The molecule has 1 nitrogen and oxygen atoms in total. The molecule has 0 heterocycles. The maximum atomic E-state index is 6.17. The van der Waals surface area contributed by atoms with Crippen LogP contribution >= 0.6 is 34.8 Å². The van der Waals surface area contributed by atoms with E-state index in [0.29, 0.717) is 21.1 Å². The molecule has 0 aromatic heterocycles. The molecule has 1 aromatic carbocycles. The molecule has 1 aliphatic carbocycles. The van der Waals surface area contributed by atoms with Gasteiger partial charge in [0, 0.05) is 11.1 Å². The minimum absolute atomic E-state index is 0.483. The van der Waals surface area contributed by atoms with E-state index in [2.05, 4.69) is 12.2 Å². The fourth-order valence-corrected chi connectivity index (χ4v) is 3.51. The van der Waals surface area contributed by atoms with Crippen LogP contribution in [0.2, 0.25) is 15.1 Å². The number of hydrogen-bond acceptors (Lipinski definition) is 1. The van der Waals surface area contributed by atoms with Gasteiger partial charge in [-0.15, -0.1) is 0 Å². The molecule has 2 rings (SSSR count). The van der Waals surface area contributed by atoms with Gasteiger partial charge in [-0.2, -0.15) is 0 Å². The van der Waals surface area contributed by atoms with E-state index in [-0.39, 0.29) is 0 Å². The van der Waals surface area contributed by atoms with Crippen molar-refractivity contribution in [2.75, 3.05) is 5.32 Å². The highest BCUT2D eigenvalue weighted by molar-refractivity contribution is 6.41. The van der Waals surface area contributed by atoms with Gasteiger partial charge in [-0.1, -0.05) is 54.6 Å². The van der Waals surface area contributed by atoms with Crippen molar-refractivity contribution in [3.63, 3.8) is 0 Å². The van der Waals surface area contributed by atoms with Crippen LogP contribution in [-0.2, 0) is 0 Å². The van der Waals surface area contributed by atoms with Gasteiger partial charge in [0.05, 0.1) is 15.7 Å². The van der Waals surface area contributed by atoms with Gasteiger partial charge < -0.3 is 5.32 Å². The summed E-state index contributed by atoms with van der Waals surface area (Å²) >= 11 is 18.2. The van der Waals surface area contributed by atoms with Crippen LogP contribution in [0.4, 0.5) is 5.69 Å². The predicted octanol–water partition coefficient (Wildman–Crippen LogP) is 5.64. The van der Waals surface area contributed by atoms with Crippen LogP contribution in [0.5, 0.6) is 0 Å². The zero-order valence-electron chi connectivity index (χ0n) is 9.77. The van der Waals surface area contributed by atoms with Gasteiger partial charge in [0.1, 0.15) is 0 Å². The summed E-state index contributed by atoms with van der Waals surface area (Å²) in [5, 5.41) is 5.26. The second-order valence-corrected chi connectivity index (χ2v) is 5.85. The molecule has 2 atom stereocenters. The Balaban J connectivity index is 2.18. The first-order chi connectivity index (χ1) is 8.11. The minimum atomic E-state index is 0.483. The Morgan fingerprint density at radius 2 is 1.82 bits per heavy atom. The van der Waals surface area contributed by atoms with E-state index in [4.69, 9.17) is 34.8 Å². The summed E-state index contributed by atoms with van der Waals surface area (Å²) in [6, 6.07) is 3.94. The van der Waals surface area contributed by atoms with Gasteiger partial charge in [-0.25, -0.2) is 0 Å². The van der Waals surface area contributed by atoms with E-state index in [1.165, 1.54) is 25.7 Å². The second-order valence-electron chi connectivity index (χ2n) is 4.59. The predicted molar refractivity (Wildman–Crippen MR) is 76.5 cm³/mol. The fourth-order valence-electron chi connectivity index (χ4n) is 2.58. The van der Waals surface area contributed by atoms with E-state index in [1.54, 1.807) is 12.1 Å². The number of halogens is 3. The number of rotatable bonds is 3. The third kappa shape index (κ3) is 3.01. The molecule has 4 heteroatoms. The summed E-state index contributed by atoms with van der Waals surface area (Å²) in [6.07, 6.45) is 4.95. The average Bonchev–Trinajstić information content (AvgIpc) is 2.70. The zero-order valence-corrected chi connectivity index (χ0v) is 12.0. The Hall–Kier alpha value is -0.110. The zero-order chi connectivity index (χ0) is 12.4. The maximum Gasteiger partial charge on any atom is 0.0722 e. The smallest absolute Gasteiger partial charge is 0.0722 e. The molecule has 1 aromatic rings. The summed E-state index contributed by atoms with van der Waals surface area (Å²) in [5.74, 6) is 0.720. The van der Waals surface area contributed by atoms with Gasteiger partial charge in [0.15, 0.2) is 0 Å². The molecule has 0 bridgehead atoms. The van der Waals surface area contributed by atoms with Crippen molar-refractivity contribution in [3.05, 3.63) is 27.2 Å². The molecule has 0 radical (unpaired) electrons. The highest BCUT2D eigenvalue weighted by atomic mass is 35.5. The van der Waals surface area contributed by atoms with Crippen LogP contribution in [0.3, 0.4) is 0 Å². The van der Waals surface area contributed by atoms with E-state index < -0.39 is 0 Å². The Bertz CT molecular complexity index is 383. The Morgan fingerprint density at radius 3 is 2.41 bits per heavy atom. The summed E-state index contributed by atoms with van der Waals surface area (Å²) in [4.78, 5) is 0. The van der Waals surface area contributed by atoms with Gasteiger partial charge in [0.2, 0.25) is 0 Å². The van der Waals surface area contributed by atoms with Crippen molar-refractivity contribution in [2.45, 2.75) is 38.6 Å². The Kier molecular flexibility index (Phi) is 4.46. The lowest BCUT2D eigenvalue weighted by Crippen LogP contribution is -2.23. The third-order valence-electron chi connectivity index (χ3n) is 3.52. The molecular formula is C13H16Cl3N. The Labute approximate surface area is 117 Å². The number of anilines is 1. The van der Waals surface area contributed by atoms with Crippen molar-refractivity contribution in [2.24, 2.45) is 5.92 Å². The van der Waals surface area contributed by atoms with Crippen LogP contribution in [-0.4, -0.2) is 6.04 Å². The summed E-state index contributed by atoms with van der Waals surface area (Å²) < 4.78 is 0. The van der Waals surface area contributed by atoms with Crippen LogP contribution in [0.1, 0.15) is 32.6 Å². The van der Waals surface area contributed by atoms with E-state index >= 15 is 0 Å². The first-order valence-corrected chi connectivity index (χ1v) is 7.16. The molecule has 0 aliphatic heterocycles. The molecule has 94 valence electrons. The van der Waals surface area contributed by atoms with Gasteiger partial charge >= 0.3 is 0 Å². The van der Waals surface area contributed by atoms with Crippen LogP contribution < -0.4 is 5.32 Å². The minimum Gasteiger partial charge on any atom is -0.380 e. The van der Waals surface area contributed by atoms with Crippen molar-refractivity contribution in [3.8, 4) is 0 Å². The molecule has 17 heavy (non-hydrogen) atoms. The van der Waals surface area contributed by atoms with Crippen LogP contribution in [0.15, 0.2) is 12.1 Å². The molecule has 0 saturated heterocycles. The van der Waals surface area contributed by atoms with Crippen LogP contribution in [0.25, 0.3) is 0 Å². The molecule has 1 N–H and O–H groups in total. The van der Waals surface area contributed by atoms with Crippen molar-refractivity contribution in [1.82, 2.24) is 0 Å². The Morgan fingerprint density at radius 1 is 1.18 bits per heavy atom. The number of nitrogens with one attached hydrogen (secondary N) is 1. The summed E-state index contributed by atoms with van der Waals surface area (Å²) in [6.45, 7) is 2.23.